The molecule has 1 aliphatic rings. The first-order valence-electron chi connectivity index (χ1n) is 7.52. The van der Waals surface area contributed by atoms with Crippen molar-refractivity contribution in [1.29, 1.82) is 0 Å². The van der Waals surface area contributed by atoms with E-state index in [0.717, 1.165) is 44.2 Å². The number of rotatable bonds is 6. The highest BCUT2D eigenvalue weighted by Crippen LogP contribution is 2.27. The van der Waals surface area contributed by atoms with Crippen LogP contribution >= 0.6 is 0 Å². The van der Waals surface area contributed by atoms with E-state index in [2.05, 4.69) is 17.1 Å². The first-order chi connectivity index (χ1) is 9.72. The molecule has 4 heteroatoms. The van der Waals surface area contributed by atoms with Gasteiger partial charge in [0.1, 0.15) is 0 Å². The fraction of sp³-hybridized carbons (Fsp3) is 0.625. The van der Waals surface area contributed by atoms with Crippen LogP contribution in [0.2, 0.25) is 0 Å². The van der Waals surface area contributed by atoms with Gasteiger partial charge in [-0.25, -0.2) is 0 Å². The zero-order valence-corrected chi connectivity index (χ0v) is 12.6. The molecular formula is C16H26N2O2. The maximum Gasteiger partial charge on any atom is 0.160 e. The van der Waals surface area contributed by atoms with Crippen LogP contribution in [0.1, 0.15) is 25.3 Å². The predicted molar refractivity (Wildman–Crippen MR) is 81.2 cm³/mol. The van der Waals surface area contributed by atoms with Crippen LogP contribution in [0.5, 0.6) is 11.5 Å². The van der Waals surface area contributed by atoms with Gasteiger partial charge in [-0.05, 0) is 56.1 Å². The lowest BCUT2D eigenvalue weighted by Crippen LogP contribution is -2.35. The molecule has 1 aromatic carbocycles. The molecule has 2 N–H and O–H groups in total. The number of methoxy groups -OCH3 is 1. The maximum atomic E-state index is 9.85. The lowest BCUT2D eigenvalue weighted by atomic mass is 9.97. The molecule has 2 rings (SSSR count). The molecule has 1 fully saturated rings. The molecule has 0 unspecified atom stereocenters. The van der Waals surface area contributed by atoms with Crippen LogP contribution < -0.4 is 10.1 Å². The molecule has 1 saturated heterocycles. The summed E-state index contributed by atoms with van der Waals surface area (Å²) in [5, 5.41) is 13.3. The van der Waals surface area contributed by atoms with Crippen LogP contribution in [0.15, 0.2) is 18.2 Å². The molecule has 0 amide bonds. The molecule has 4 nitrogen and oxygen atoms in total. The highest BCUT2D eigenvalue weighted by atomic mass is 16.5. The van der Waals surface area contributed by atoms with Crippen molar-refractivity contribution in [2.45, 2.75) is 26.3 Å². The van der Waals surface area contributed by atoms with Crippen LogP contribution in [0.4, 0.5) is 0 Å². The summed E-state index contributed by atoms with van der Waals surface area (Å²) in [6.45, 7) is 7.56. The number of aromatic hydroxyl groups is 1. The summed E-state index contributed by atoms with van der Waals surface area (Å²) in [6.07, 6.45) is 2.54. The van der Waals surface area contributed by atoms with Crippen molar-refractivity contribution >= 4 is 0 Å². The molecule has 1 heterocycles. The lowest BCUT2D eigenvalue weighted by molar-refractivity contribution is 0.207. The summed E-state index contributed by atoms with van der Waals surface area (Å²) < 4.78 is 5.08. The average molecular weight is 278 g/mol. The van der Waals surface area contributed by atoms with E-state index >= 15 is 0 Å². The van der Waals surface area contributed by atoms with E-state index in [-0.39, 0.29) is 5.75 Å². The molecule has 20 heavy (non-hydrogen) atoms. The second-order valence-electron chi connectivity index (χ2n) is 5.53. The number of ether oxygens (including phenoxy) is 1. The van der Waals surface area contributed by atoms with Gasteiger partial charge >= 0.3 is 0 Å². The Kier molecular flexibility index (Phi) is 5.68. The van der Waals surface area contributed by atoms with Gasteiger partial charge in [0.05, 0.1) is 7.11 Å². The van der Waals surface area contributed by atoms with Gasteiger partial charge in [0.25, 0.3) is 0 Å². The smallest absolute Gasteiger partial charge is 0.160 e. The summed E-state index contributed by atoms with van der Waals surface area (Å²) in [6, 6.07) is 5.68. The minimum atomic E-state index is 0.225. The second kappa shape index (κ2) is 7.50. The molecule has 0 bridgehead atoms. The minimum Gasteiger partial charge on any atom is -0.504 e. The Balaban J connectivity index is 1.93. The van der Waals surface area contributed by atoms with E-state index in [4.69, 9.17) is 4.74 Å². The summed E-state index contributed by atoms with van der Waals surface area (Å²) in [5.41, 5.74) is 1.14. The van der Waals surface area contributed by atoms with E-state index in [9.17, 15) is 5.11 Å². The number of benzene rings is 1. The number of phenolic OH excluding ortho intramolecular Hbond substituents is 1. The van der Waals surface area contributed by atoms with Gasteiger partial charge in [0.2, 0.25) is 0 Å². The first kappa shape index (κ1) is 15.1. The van der Waals surface area contributed by atoms with Crippen LogP contribution in [0.3, 0.4) is 0 Å². The Morgan fingerprint density at radius 2 is 2.10 bits per heavy atom. The minimum absolute atomic E-state index is 0.225. The third kappa shape index (κ3) is 4.12. The number of piperidine rings is 1. The molecule has 112 valence electrons. The van der Waals surface area contributed by atoms with Gasteiger partial charge in [-0.2, -0.15) is 0 Å². The molecule has 0 aromatic heterocycles. The summed E-state index contributed by atoms with van der Waals surface area (Å²) in [7, 11) is 1.57. The summed E-state index contributed by atoms with van der Waals surface area (Å²) in [5.74, 6) is 1.56. The van der Waals surface area contributed by atoms with Crippen LogP contribution in [-0.4, -0.2) is 43.3 Å². The molecular weight excluding hydrogens is 252 g/mol. The van der Waals surface area contributed by atoms with Crippen LogP contribution in [0, 0.1) is 5.92 Å². The number of hydrogen-bond donors (Lipinski definition) is 2. The van der Waals surface area contributed by atoms with Crippen molar-refractivity contribution in [3.8, 4) is 11.5 Å². The molecule has 1 aliphatic heterocycles. The Morgan fingerprint density at radius 3 is 2.70 bits per heavy atom. The second-order valence-corrected chi connectivity index (χ2v) is 5.53. The van der Waals surface area contributed by atoms with Crippen molar-refractivity contribution in [3.05, 3.63) is 23.8 Å². The van der Waals surface area contributed by atoms with Crippen molar-refractivity contribution < 1.29 is 9.84 Å². The van der Waals surface area contributed by atoms with Gasteiger partial charge in [-0.3, -0.25) is 4.90 Å². The zero-order chi connectivity index (χ0) is 14.4. The highest BCUT2D eigenvalue weighted by Gasteiger charge is 2.16. The zero-order valence-electron chi connectivity index (χ0n) is 12.6. The Morgan fingerprint density at radius 1 is 1.35 bits per heavy atom. The largest absolute Gasteiger partial charge is 0.504 e. The van der Waals surface area contributed by atoms with E-state index in [1.807, 2.05) is 18.2 Å². The van der Waals surface area contributed by atoms with E-state index in [1.165, 1.54) is 12.8 Å². The van der Waals surface area contributed by atoms with E-state index < -0.39 is 0 Å². The van der Waals surface area contributed by atoms with Crippen LogP contribution in [-0.2, 0) is 6.54 Å². The van der Waals surface area contributed by atoms with E-state index in [0.29, 0.717) is 5.75 Å². The van der Waals surface area contributed by atoms with Crippen molar-refractivity contribution in [2.24, 2.45) is 5.92 Å². The fourth-order valence-electron chi connectivity index (χ4n) is 2.83. The summed E-state index contributed by atoms with van der Waals surface area (Å²) in [4.78, 5) is 2.46. The van der Waals surface area contributed by atoms with Gasteiger partial charge in [-0.15, -0.1) is 0 Å². The Labute approximate surface area is 121 Å². The number of nitrogens with one attached hydrogen (secondary N) is 1. The maximum absolute atomic E-state index is 9.85. The van der Waals surface area contributed by atoms with Gasteiger partial charge in [0.15, 0.2) is 11.5 Å². The Bertz CT molecular complexity index is 417. The standard InChI is InChI=1S/C16H26N2O2/c1-3-18(11-13-6-8-17-9-7-13)12-14-4-5-16(20-2)15(19)10-14/h4-5,10,13,17,19H,3,6-9,11-12H2,1-2H3. The van der Waals surface area contributed by atoms with Crippen molar-refractivity contribution in [2.75, 3.05) is 33.3 Å². The lowest BCUT2D eigenvalue weighted by Gasteiger charge is -2.29. The normalized spacial score (nSPS) is 16.6. The third-order valence-corrected chi connectivity index (χ3v) is 4.07. The number of phenols is 1. The molecule has 0 radical (unpaired) electrons. The van der Waals surface area contributed by atoms with E-state index in [1.54, 1.807) is 7.11 Å². The SMILES string of the molecule is CCN(Cc1ccc(OC)c(O)c1)CC1CCNCC1. The Hall–Kier alpha value is -1.26. The first-order valence-corrected chi connectivity index (χ1v) is 7.52. The molecule has 0 spiro atoms. The number of nitrogens with zero attached hydrogens (tertiary/aromatic N) is 1. The van der Waals surface area contributed by atoms with Gasteiger partial charge in [-0.1, -0.05) is 13.0 Å². The van der Waals surface area contributed by atoms with Gasteiger partial charge < -0.3 is 15.2 Å². The summed E-state index contributed by atoms with van der Waals surface area (Å²) >= 11 is 0. The van der Waals surface area contributed by atoms with Gasteiger partial charge in [0, 0.05) is 13.1 Å². The molecule has 1 aromatic rings. The fourth-order valence-corrected chi connectivity index (χ4v) is 2.83. The molecule has 0 atom stereocenters. The average Bonchev–Trinajstić information content (AvgIpc) is 2.48. The van der Waals surface area contributed by atoms with Crippen molar-refractivity contribution in [1.82, 2.24) is 10.2 Å². The number of hydrogen-bond acceptors (Lipinski definition) is 4. The molecule has 0 aliphatic carbocycles. The quantitative estimate of drug-likeness (QED) is 0.837. The predicted octanol–water partition coefficient (Wildman–Crippen LogP) is 2.22. The third-order valence-electron chi connectivity index (χ3n) is 4.07. The highest BCUT2D eigenvalue weighted by molar-refractivity contribution is 5.41. The topological polar surface area (TPSA) is 44.7 Å². The van der Waals surface area contributed by atoms with Crippen molar-refractivity contribution in [3.63, 3.8) is 0 Å². The molecule has 0 saturated carbocycles. The van der Waals surface area contributed by atoms with Crippen LogP contribution in [0.25, 0.3) is 0 Å². The monoisotopic (exact) mass is 278 g/mol.